The zero-order valence-electron chi connectivity index (χ0n) is 15.2. The molecule has 0 saturated carbocycles. The Morgan fingerprint density at radius 2 is 1.79 bits per heavy atom. The maximum absolute atomic E-state index is 13.1. The molecule has 0 unspecified atom stereocenters. The molecule has 3 rings (SSSR count). The highest BCUT2D eigenvalue weighted by molar-refractivity contribution is 9.10. The van der Waals surface area contributed by atoms with Gasteiger partial charge in [-0.25, -0.2) is 4.39 Å². The van der Waals surface area contributed by atoms with Crippen molar-refractivity contribution < 1.29 is 13.9 Å². The summed E-state index contributed by atoms with van der Waals surface area (Å²) in [4.78, 5) is 0. The first-order valence-electron chi connectivity index (χ1n) is 8.52. The lowest BCUT2D eigenvalue weighted by molar-refractivity contribution is 0.284. The molecule has 0 spiro atoms. The first-order valence-corrected chi connectivity index (χ1v) is 9.32. The number of benzene rings is 3. The van der Waals surface area contributed by atoms with E-state index in [1.807, 2.05) is 36.4 Å². The van der Waals surface area contributed by atoms with Gasteiger partial charge in [0.25, 0.3) is 0 Å². The zero-order chi connectivity index (χ0) is 19.9. The molecule has 3 nitrogen and oxygen atoms in total. The Bertz CT molecular complexity index is 1020. The molecule has 0 radical (unpaired) electrons. The second-order valence-corrected chi connectivity index (χ2v) is 6.83. The third-order valence-corrected chi connectivity index (χ3v) is 4.78. The lowest BCUT2D eigenvalue weighted by Crippen LogP contribution is -1.98. The van der Waals surface area contributed by atoms with Crippen molar-refractivity contribution in [2.75, 3.05) is 7.11 Å². The Morgan fingerprint density at radius 1 is 1.07 bits per heavy atom. The lowest BCUT2D eigenvalue weighted by Gasteiger charge is -2.13. The minimum atomic E-state index is -0.344. The van der Waals surface area contributed by atoms with Crippen molar-refractivity contribution in [2.45, 2.75) is 6.61 Å². The van der Waals surface area contributed by atoms with Crippen molar-refractivity contribution in [3.63, 3.8) is 0 Å². The second kappa shape index (κ2) is 9.20. The van der Waals surface area contributed by atoms with Crippen LogP contribution in [0.25, 0.3) is 11.6 Å². The maximum atomic E-state index is 13.1. The number of halogens is 2. The lowest BCUT2D eigenvalue weighted by atomic mass is 10.0. The summed E-state index contributed by atoms with van der Waals surface area (Å²) in [5.41, 5.74) is 2.86. The van der Waals surface area contributed by atoms with Gasteiger partial charge < -0.3 is 9.47 Å². The first-order chi connectivity index (χ1) is 13.6. The third kappa shape index (κ3) is 4.79. The Hall–Kier alpha value is -3.10. The molecule has 0 aromatic heterocycles. The molecule has 5 heteroatoms. The van der Waals surface area contributed by atoms with Crippen molar-refractivity contribution in [2.24, 2.45) is 0 Å². The molecule has 0 aliphatic carbocycles. The molecule has 0 aliphatic heterocycles. The summed E-state index contributed by atoms with van der Waals surface area (Å²) in [6.45, 7) is 0.415. The number of ether oxygens (including phenoxy) is 2. The molecule has 0 heterocycles. The largest absolute Gasteiger partial charge is 0.493 e. The first kappa shape index (κ1) is 19.7. The van der Waals surface area contributed by atoms with Crippen molar-refractivity contribution in [3.05, 3.63) is 93.7 Å². The number of nitrogens with zero attached hydrogens (tertiary/aromatic N) is 1. The van der Waals surface area contributed by atoms with Gasteiger partial charge >= 0.3 is 0 Å². The van der Waals surface area contributed by atoms with Crippen LogP contribution in [0.15, 0.2) is 71.2 Å². The van der Waals surface area contributed by atoms with E-state index in [2.05, 4.69) is 22.0 Å². The van der Waals surface area contributed by atoms with Crippen molar-refractivity contribution >= 4 is 27.6 Å². The summed E-state index contributed by atoms with van der Waals surface area (Å²) >= 11 is 3.53. The highest BCUT2D eigenvalue weighted by Crippen LogP contribution is 2.35. The van der Waals surface area contributed by atoms with Crippen LogP contribution in [0.5, 0.6) is 11.5 Å². The zero-order valence-corrected chi connectivity index (χ0v) is 16.7. The van der Waals surface area contributed by atoms with Gasteiger partial charge in [-0.2, -0.15) is 5.26 Å². The fraction of sp³-hybridized carbons (Fsp3) is 0.0870. The summed E-state index contributed by atoms with van der Waals surface area (Å²) in [7, 11) is 1.57. The van der Waals surface area contributed by atoms with E-state index in [1.54, 1.807) is 31.4 Å². The summed E-state index contributed by atoms with van der Waals surface area (Å²) in [5.74, 6) is 0.807. The van der Waals surface area contributed by atoms with Crippen molar-refractivity contribution in [3.8, 4) is 17.6 Å². The van der Waals surface area contributed by atoms with Gasteiger partial charge in [0, 0.05) is 4.47 Å². The minimum absolute atomic E-state index is 0.344. The molecule has 0 N–H and O–H groups in total. The average Bonchev–Trinajstić information content (AvgIpc) is 2.73. The SMILES string of the molecule is COc1cc(C=C(C#N)c2ccc(F)cc2)c(Br)cc1OCc1ccccc1. The predicted octanol–water partition coefficient (Wildman–Crippen LogP) is 6.24. The standard InChI is InChI=1S/C23H17BrFNO2/c1-27-22-12-18(11-19(14-26)17-7-9-20(25)10-8-17)21(24)13-23(22)28-15-16-5-3-2-4-6-16/h2-13H,15H2,1H3. The van der Waals surface area contributed by atoms with Gasteiger partial charge in [0.15, 0.2) is 11.5 Å². The number of allylic oxidation sites excluding steroid dienone is 1. The van der Waals surface area contributed by atoms with Crippen LogP contribution in [-0.2, 0) is 6.61 Å². The molecule has 3 aromatic carbocycles. The molecule has 0 saturated heterocycles. The van der Waals surface area contributed by atoms with E-state index in [4.69, 9.17) is 9.47 Å². The van der Waals surface area contributed by atoms with Gasteiger partial charge in [0.2, 0.25) is 0 Å². The van der Waals surface area contributed by atoms with E-state index in [1.165, 1.54) is 12.1 Å². The number of rotatable bonds is 6. The van der Waals surface area contributed by atoms with E-state index in [0.717, 1.165) is 15.6 Å². The van der Waals surface area contributed by atoms with Crippen LogP contribution in [0.4, 0.5) is 4.39 Å². The Morgan fingerprint density at radius 3 is 2.43 bits per heavy atom. The van der Waals surface area contributed by atoms with Gasteiger partial charge in [-0.1, -0.05) is 58.4 Å². The Kier molecular flexibility index (Phi) is 6.46. The predicted molar refractivity (Wildman–Crippen MR) is 111 cm³/mol. The average molecular weight is 438 g/mol. The van der Waals surface area contributed by atoms with Gasteiger partial charge in [-0.3, -0.25) is 0 Å². The normalized spacial score (nSPS) is 11.0. The summed E-state index contributed by atoms with van der Waals surface area (Å²) in [5, 5.41) is 9.51. The number of hydrogen-bond acceptors (Lipinski definition) is 3. The Balaban J connectivity index is 1.90. The highest BCUT2D eigenvalue weighted by atomic mass is 79.9. The van der Waals surface area contributed by atoms with Crippen LogP contribution in [0.2, 0.25) is 0 Å². The monoisotopic (exact) mass is 437 g/mol. The summed E-state index contributed by atoms with van der Waals surface area (Å²) in [6.07, 6.45) is 1.72. The third-order valence-electron chi connectivity index (χ3n) is 4.10. The summed E-state index contributed by atoms with van der Waals surface area (Å²) in [6, 6.07) is 21.4. The van der Waals surface area contributed by atoms with E-state index in [0.29, 0.717) is 29.2 Å². The summed E-state index contributed by atoms with van der Waals surface area (Å²) < 4.78 is 25.3. The quantitative estimate of drug-likeness (QED) is 0.338. The van der Waals surface area contributed by atoms with Crippen molar-refractivity contribution in [1.29, 1.82) is 5.26 Å². The molecule has 0 aliphatic rings. The molecule has 0 amide bonds. The molecule has 28 heavy (non-hydrogen) atoms. The van der Waals surface area contributed by atoms with Gasteiger partial charge in [-0.15, -0.1) is 0 Å². The smallest absolute Gasteiger partial charge is 0.162 e. The van der Waals surface area contributed by atoms with E-state index >= 15 is 0 Å². The van der Waals surface area contributed by atoms with E-state index < -0.39 is 0 Å². The molecule has 0 atom stereocenters. The van der Waals surface area contributed by atoms with Gasteiger partial charge in [0.05, 0.1) is 18.8 Å². The number of hydrogen-bond donors (Lipinski definition) is 0. The molecule has 3 aromatic rings. The minimum Gasteiger partial charge on any atom is -0.493 e. The van der Waals surface area contributed by atoms with Gasteiger partial charge in [-0.05, 0) is 47.0 Å². The van der Waals surface area contributed by atoms with Crippen LogP contribution in [0.3, 0.4) is 0 Å². The van der Waals surface area contributed by atoms with Crippen LogP contribution < -0.4 is 9.47 Å². The fourth-order valence-corrected chi connectivity index (χ4v) is 3.07. The topological polar surface area (TPSA) is 42.2 Å². The highest BCUT2D eigenvalue weighted by Gasteiger charge is 2.11. The second-order valence-electron chi connectivity index (χ2n) is 5.98. The molecule has 0 fully saturated rings. The van der Waals surface area contributed by atoms with Crippen LogP contribution >= 0.6 is 15.9 Å². The fourth-order valence-electron chi connectivity index (χ4n) is 2.63. The van der Waals surface area contributed by atoms with Crippen molar-refractivity contribution in [1.82, 2.24) is 0 Å². The van der Waals surface area contributed by atoms with E-state index in [9.17, 15) is 9.65 Å². The number of methoxy groups -OCH3 is 1. The van der Waals surface area contributed by atoms with Crippen LogP contribution in [-0.4, -0.2) is 7.11 Å². The molecule has 140 valence electrons. The van der Waals surface area contributed by atoms with Gasteiger partial charge in [0.1, 0.15) is 12.4 Å². The Labute approximate surface area is 171 Å². The maximum Gasteiger partial charge on any atom is 0.162 e. The molecular weight excluding hydrogens is 421 g/mol. The van der Waals surface area contributed by atoms with Crippen LogP contribution in [0.1, 0.15) is 16.7 Å². The molecular formula is C23H17BrFNO2. The van der Waals surface area contributed by atoms with Crippen LogP contribution in [0, 0.1) is 17.1 Å². The molecule has 0 bridgehead atoms. The number of nitriles is 1. The van der Waals surface area contributed by atoms with E-state index in [-0.39, 0.29) is 5.82 Å².